The second-order valence-electron chi connectivity index (χ2n) is 4.90. The summed E-state index contributed by atoms with van der Waals surface area (Å²) in [5.41, 5.74) is 2.94. The topological polar surface area (TPSA) is 0 Å². The number of benzene rings is 1. The van der Waals surface area contributed by atoms with Crippen LogP contribution in [-0.4, -0.2) is 5.33 Å². The van der Waals surface area contributed by atoms with E-state index in [1.807, 2.05) is 0 Å². The van der Waals surface area contributed by atoms with Crippen molar-refractivity contribution < 1.29 is 0 Å². The maximum Gasteiger partial charge on any atom is 0.00629 e. The Balaban J connectivity index is 2.60. The Labute approximate surface area is 109 Å². The van der Waals surface area contributed by atoms with Crippen LogP contribution in [0.4, 0.5) is 0 Å². The molecule has 0 aliphatic heterocycles. The highest BCUT2D eigenvalue weighted by Gasteiger charge is 2.12. The zero-order valence-corrected chi connectivity index (χ0v) is 12.3. The summed E-state index contributed by atoms with van der Waals surface area (Å²) >= 11 is 3.66. The van der Waals surface area contributed by atoms with E-state index >= 15 is 0 Å². The quantitative estimate of drug-likeness (QED) is 0.645. The largest absolute Gasteiger partial charge is 0.0925 e. The van der Waals surface area contributed by atoms with Crippen LogP contribution in [0.1, 0.15) is 37.8 Å². The van der Waals surface area contributed by atoms with Crippen LogP contribution < -0.4 is 0 Å². The molecule has 0 radical (unpaired) electrons. The Morgan fingerprint density at radius 1 is 1.25 bits per heavy atom. The molecule has 0 nitrogen and oxygen atoms in total. The fraction of sp³-hybridized carbons (Fsp3) is 0.600. The van der Waals surface area contributed by atoms with Crippen molar-refractivity contribution in [3.05, 3.63) is 35.4 Å². The van der Waals surface area contributed by atoms with Gasteiger partial charge >= 0.3 is 0 Å². The van der Waals surface area contributed by atoms with Crippen LogP contribution in [0.3, 0.4) is 0 Å². The smallest absolute Gasteiger partial charge is 0.00629 e. The van der Waals surface area contributed by atoms with Gasteiger partial charge in [-0.05, 0) is 42.7 Å². The van der Waals surface area contributed by atoms with Crippen LogP contribution in [0.25, 0.3) is 0 Å². The molecule has 0 aliphatic carbocycles. The van der Waals surface area contributed by atoms with Crippen LogP contribution >= 0.6 is 15.9 Å². The molecule has 2 unspecified atom stereocenters. The van der Waals surface area contributed by atoms with E-state index in [0.717, 1.165) is 17.2 Å². The predicted molar refractivity (Wildman–Crippen MR) is 76.2 cm³/mol. The molecule has 0 aromatic heterocycles. The summed E-state index contributed by atoms with van der Waals surface area (Å²) in [6, 6.07) is 8.75. The molecule has 90 valence electrons. The molecular formula is C15H23Br. The second kappa shape index (κ2) is 7.11. The van der Waals surface area contributed by atoms with Crippen LogP contribution in [0.2, 0.25) is 0 Å². The SMILES string of the molecule is CCC(C)CC(CBr)Cc1ccccc1C. The minimum Gasteiger partial charge on any atom is -0.0925 e. The van der Waals surface area contributed by atoms with Gasteiger partial charge in [-0.1, -0.05) is 60.5 Å². The van der Waals surface area contributed by atoms with E-state index in [9.17, 15) is 0 Å². The average molecular weight is 283 g/mol. The Kier molecular flexibility index (Phi) is 6.12. The molecule has 0 bridgehead atoms. The minimum absolute atomic E-state index is 0.774. The molecule has 1 aromatic rings. The highest BCUT2D eigenvalue weighted by Crippen LogP contribution is 2.22. The number of rotatable bonds is 6. The molecule has 16 heavy (non-hydrogen) atoms. The number of alkyl halides is 1. The number of hydrogen-bond acceptors (Lipinski definition) is 0. The second-order valence-corrected chi connectivity index (χ2v) is 5.55. The Hall–Kier alpha value is -0.300. The van der Waals surface area contributed by atoms with E-state index in [1.165, 1.54) is 30.4 Å². The normalized spacial score (nSPS) is 14.8. The molecule has 0 amide bonds. The molecule has 0 fully saturated rings. The van der Waals surface area contributed by atoms with Crippen LogP contribution in [-0.2, 0) is 6.42 Å². The van der Waals surface area contributed by atoms with E-state index in [1.54, 1.807) is 0 Å². The predicted octanol–water partition coefficient (Wildman–Crippen LogP) is 4.98. The lowest BCUT2D eigenvalue weighted by atomic mass is 9.89. The fourth-order valence-electron chi connectivity index (χ4n) is 2.09. The van der Waals surface area contributed by atoms with Gasteiger partial charge in [0.2, 0.25) is 0 Å². The van der Waals surface area contributed by atoms with Crippen molar-refractivity contribution in [3.8, 4) is 0 Å². The molecule has 0 saturated heterocycles. The number of halogens is 1. The van der Waals surface area contributed by atoms with Crippen molar-refractivity contribution in [2.24, 2.45) is 11.8 Å². The van der Waals surface area contributed by atoms with Gasteiger partial charge < -0.3 is 0 Å². The van der Waals surface area contributed by atoms with Crippen molar-refractivity contribution in [2.75, 3.05) is 5.33 Å². The summed E-state index contributed by atoms with van der Waals surface area (Å²) in [6.45, 7) is 6.85. The lowest BCUT2D eigenvalue weighted by molar-refractivity contribution is 0.410. The molecule has 1 heteroatoms. The van der Waals surface area contributed by atoms with Crippen molar-refractivity contribution >= 4 is 15.9 Å². The summed E-state index contributed by atoms with van der Waals surface area (Å²) < 4.78 is 0. The van der Waals surface area contributed by atoms with Crippen LogP contribution in [0, 0.1) is 18.8 Å². The Bertz CT molecular complexity index is 306. The minimum atomic E-state index is 0.774. The molecule has 1 aromatic carbocycles. The van der Waals surface area contributed by atoms with Crippen LogP contribution in [0.5, 0.6) is 0 Å². The van der Waals surface area contributed by atoms with Gasteiger partial charge in [0.15, 0.2) is 0 Å². The highest BCUT2D eigenvalue weighted by atomic mass is 79.9. The van der Waals surface area contributed by atoms with Gasteiger partial charge in [-0.2, -0.15) is 0 Å². The highest BCUT2D eigenvalue weighted by molar-refractivity contribution is 9.09. The van der Waals surface area contributed by atoms with Gasteiger partial charge in [0.1, 0.15) is 0 Å². The molecule has 0 spiro atoms. The lowest BCUT2D eigenvalue weighted by Gasteiger charge is -2.19. The maximum absolute atomic E-state index is 3.66. The van der Waals surface area contributed by atoms with Gasteiger partial charge in [-0.15, -0.1) is 0 Å². The van der Waals surface area contributed by atoms with Gasteiger partial charge in [0, 0.05) is 5.33 Å². The molecule has 0 saturated carbocycles. The van der Waals surface area contributed by atoms with Gasteiger partial charge in [0.25, 0.3) is 0 Å². The first-order chi connectivity index (χ1) is 7.67. The average Bonchev–Trinajstić information content (AvgIpc) is 2.30. The molecule has 0 aliphatic rings. The lowest BCUT2D eigenvalue weighted by Crippen LogP contribution is -2.11. The van der Waals surface area contributed by atoms with E-state index in [0.29, 0.717) is 0 Å². The molecule has 1 rings (SSSR count). The number of aryl methyl sites for hydroxylation is 1. The van der Waals surface area contributed by atoms with E-state index in [2.05, 4.69) is 61.0 Å². The van der Waals surface area contributed by atoms with Gasteiger partial charge in [0.05, 0.1) is 0 Å². The van der Waals surface area contributed by atoms with E-state index < -0.39 is 0 Å². The van der Waals surface area contributed by atoms with Gasteiger partial charge in [-0.3, -0.25) is 0 Å². The van der Waals surface area contributed by atoms with Crippen molar-refractivity contribution in [1.82, 2.24) is 0 Å². The zero-order chi connectivity index (χ0) is 12.0. The number of hydrogen-bond donors (Lipinski definition) is 0. The zero-order valence-electron chi connectivity index (χ0n) is 10.7. The third kappa shape index (κ3) is 4.29. The molecule has 2 atom stereocenters. The van der Waals surface area contributed by atoms with Crippen molar-refractivity contribution in [1.29, 1.82) is 0 Å². The Morgan fingerprint density at radius 2 is 1.94 bits per heavy atom. The summed E-state index contributed by atoms with van der Waals surface area (Å²) in [7, 11) is 0. The maximum atomic E-state index is 3.66. The summed E-state index contributed by atoms with van der Waals surface area (Å²) in [5.74, 6) is 1.61. The monoisotopic (exact) mass is 282 g/mol. The van der Waals surface area contributed by atoms with Gasteiger partial charge in [-0.25, -0.2) is 0 Å². The standard InChI is InChI=1S/C15H23Br/c1-4-12(2)9-14(11-16)10-15-8-6-5-7-13(15)3/h5-8,12,14H,4,9-11H2,1-3H3. The first-order valence-electron chi connectivity index (χ1n) is 6.27. The molecule has 0 N–H and O–H groups in total. The molecular weight excluding hydrogens is 260 g/mol. The van der Waals surface area contributed by atoms with E-state index in [-0.39, 0.29) is 0 Å². The third-order valence-electron chi connectivity index (χ3n) is 3.42. The Morgan fingerprint density at radius 3 is 2.50 bits per heavy atom. The first-order valence-corrected chi connectivity index (χ1v) is 7.40. The summed E-state index contributed by atoms with van der Waals surface area (Å²) in [4.78, 5) is 0. The summed E-state index contributed by atoms with van der Waals surface area (Å²) in [6.07, 6.45) is 3.83. The summed E-state index contributed by atoms with van der Waals surface area (Å²) in [5, 5.41) is 1.12. The first kappa shape index (κ1) is 13.8. The molecule has 0 heterocycles. The third-order valence-corrected chi connectivity index (χ3v) is 4.34. The van der Waals surface area contributed by atoms with Crippen LogP contribution in [0.15, 0.2) is 24.3 Å². The fourth-order valence-corrected chi connectivity index (χ4v) is 2.58. The van der Waals surface area contributed by atoms with Crippen molar-refractivity contribution in [3.63, 3.8) is 0 Å². The van der Waals surface area contributed by atoms with Crippen molar-refractivity contribution in [2.45, 2.75) is 40.0 Å². The van der Waals surface area contributed by atoms with E-state index in [4.69, 9.17) is 0 Å².